The van der Waals surface area contributed by atoms with E-state index in [1.54, 1.807) is 0 Å². The Morgan fingerprint density at radius 1 is 1.12 bits per heavy atom. The van der Waals surface area contributed by atoms with Crippen molar-refractivity contribution in [3.05, 3.63) is 48.0 Å². The molecule has 0 aromatic heterocycles. The molecule has 1 unspecified atom stereocenters. The van der Waals surface area contributed by atoms with E-state index in [0.717, 1.165) is 23.9 Å². The molecule has 0 amide bonds. The van der Waals surface area contributed by atoms with Crippen molar-refractivity contribution in [1.29, 1.82) is 0 Å². The summed E-state index contributed by atoms with van der Waals surface area (Å²) in [5.41, 5.74) is 1.01. The standard InChI is InChI=1S/C15H19NO/c1-2-10-16-11-15(17)14-9-5-7-12-6-3-4-8-13(12)14/h3-9,15-17H,2,10-11H2,1H3. The van der Waals surface area contributed by atoms with Gasteiger partial charge in [-0.2, -0.15) is 0 Å². The fourth-order valence-electron chi connectivity index (χ4n) is 2.07. The van der Waals surface area contributed by atoms with Crippen molar-refractivity contribution in [1.82, 2.24) is 5.32 Å². The molecule has 0 fully saturated rings. The molecule has 2 N–H and O–H groups in total. The third-order valence-corrected chi connectivity index (χ3v) is 2.95. The van der Waals surface area contributed by atoms with E-state index in [1.165, 1.54) is 5.39 Å². The summed E-state index contributed by atoms with van der Waals surface area (Å²) in [6.07, 6.45) is 0.648. The van der Waals surface area contributed by atoms with Crippen molar-refractivity contribution < 1.29 is 5.11 Å². The molecule has 0 aliphatic heterocycles. The fraction of sp³-hybridized carbons (Fsp3) is 0.333. The Morgan fingerprint density at radius 2 is 1.88 bits per heavy atom. The van der Waals surface area contributed by atoms with Gasteiger partial charge < -0.3 is 10.4 Å². The fourth-order valence-corrected chi connectivity index (χ4v) is 2.07. The van der Waals surface area contributed by atoms with Gasteiger partial charge >= 0.3 is 0 Å². The maximum absolute atomic E-state index is 10.2. The van der Waals surface area contributed by atoms with Crippen molar-refractivity contribution in [3.63, 3.8) is 0 Å². The Kier molecular flexibility index (Phi) is 4.13. The third-order valence-electron chi connectivity index (χ3n) is 2.95. The lowest BCUT2D eigenvalue weighted by molar-refractivity contribution is 0.176. The van der Waals surface area contributed by atoms with Crippen molar-refractivity contribution in [2.75, 3.05) is 13.1 Å². The first-order valence-corrected chi connectivity index (χ1v) is 6.19. The zero-order valence-electron chi connectivity index (χ0n) is 10.2. The van der Waals surface area contributed by atoms with Crippen LogP contribution in [0, 0.1) is 0 Å². The molecule has 1 atom stereocenters. The highest BCUT2D eigenvalue weighted by atomic mass is 16.3. The first-order chi connectivity index (χ1) is 8.33. The Morgan fingerprint density at radius 3 is 2.71 bits per heavy atom. The second-order valence-electron chi connectivity index (χ2n) is 4.29. The lowest BCUT2D eigenvalue weighted by Crippen LogP contribution is -2.22. The Labute approximate surface area is 102 Å². The van der Waals surface area contributed by atoms with Gasteiger partial charge in [0.25, 0.3) is 0 Å². The average molecular weight is 229 g/mol. The molecule has 0 saturated carbocycles. The highest BCUT2D eigenvalue weighted by Crippen LogP contribution is 2.23. The normalized spacial score (nSPS) is 12.8. The third kappa shape index (κ3) is 2.84. The quantitative estimate of drug-likeness (QED) is 0.773. The maximum Gasteiger partial charge on any atom is 0.0920 e. The second kappa shape index (κ2) is 5.80. The summed E-state index contributed by atoms with van der Waals surface area (Å²) in [6.45, 7) is 3.68. The number of aliphatic hydroxyl groups excluding tert-OH is 1. The highest BCUT2D eigenvalue weighted by molar-refractivity contribution is 5.85. The number of hydrogen-bond acceptors (Lipinski definition) is 2. The number of hydrogen-bond donors (Lipinski definition) is 2. The van der Waals surface area contributed by atoms with Gasteiger partial charge in [-0.3, -0.25) is 0 Å². The van der Waals surface area contributed by atoms with E-state index in [0.29, 0.717) is 6.54 Å². The summed E-state index contributed by atoms with van der Waals surface area (Å²) in [5.74, 6) is 0. The molecule has 90 valence electrons. The first-order valence-electron chi connectivity index (χ1n) is 6.19. The minimum absolute atomic E-state index is 0.437. The SMILES string of the molecule is CCCNCC(O)c1cccc2ccccc12. The number of aliphatic hydroxyl groups is 1. The smallest absolute Gasteiger partial charge is 0.0920 e. The molecular formula is C15H19NO. The summed E-state index contributed by atoms with van der Waals surface area (Å²) >= 11 is 0. The van der Waals surface area contributed by atoms with Gasteiger partial charge in [-0.1, -0.05) is 49.4 Å². The minimum Gasteiger partial charge on any atom is -0.387 e. The molecule has 0 heterocycles. The van der Waals surface area contributed by atoms with E-state index >= 15 is 0 Å². The van der Waals surface area contributed by atoms with Crippen LogP contribution < -0.4 is 5.32 Å². The average Bonchev–Trinajstić information content (AvgIpc) is 2.38. The van der Waals surface area contributed by atoms with E-state index in [-0.39, 0.29) is 0 Å². The van der Waals surface area contributed by atoms with Crippen LogP contribution in [0.3, 0.4) is 0 Å². The van der Waals surface area contributed by atoms with Gasteiger partial charge in [-0.15, -0.1) is 0 Å². The summed E-state index contributed by atoms with van der Waals surface area (Å²) in [5, 5.41) is 15.8. The van der Waals surface area contributed by atoms with E-state index in [1.807, 2.05) is 24.3 Å². The second-order valence-corrected chi connectivity index (χ2v) is 4.29. The maximum atomic E-state index is 10.2. The predicted molar refractivity (Wildman–Crippen MR) is 72.1 cm³/mol. The molecule has 0 spiro atoms. The van der Waals surface area contributed by atoms with Crippen LogP contribution in [-0.2, 0) is 0 Å². The Bertz CT molecular complexity index is 476. The van der Waals surface area contributed by atoms with Crippen LogP contribution in [-0.4, -0.2) is 18.2 Å². The Hall–Kier alpha value is -1.38. The lowest BCUT2D eigenvalue weighted by atomic mass is 10.0. The van der Waals surface area contributed by atoms with E-state index in [4.69, 9.17) is 0 Å². The van der Waals surface area contributed by atoms with E-state index in [9.17, 15) is 5.11 Å². The van der Waals surface area contributed by atoms with Crippen molar-refractivity contribution in [2.45, 2.75) is 19.4 Å². The van der Waals surface area contributed by atoms with Crippen molar-refractivity contribution in [3.8, 4) is 0 Å². The molecule has 17 heavy (non-hydrogen) atoms. The molecular weight excluding hydrogens is 210 g/mol. The van der Waals surface area contributed by atoms with Gasteiger partial charge in [0, 0.05) is 6.54 Å². The Balaban J connectivity index is 2.22. The van der Waals surface area contributed by atoms with Gasteiger partial charge in [-0.25, -0.2) is 0 Å². The molecule has 2 aromatic carbocycles. The molecule has 2 heteroatoms. The van der Waals surface area contributed by atoms with Crippen LogP contribution in [0.15, 0.2) is 42.5 Å². The van der Waals surface area contributed by atoms with Crippen molar-refractivity contribution >= 4 is 10.8 Å². The van der Waals surface area contributed by atoms with Crippen LogP contribution in [0.4, 0.5) is 0 Å². The van der Waals surface area contributed by atoms with Crippen LogP contribution in [0.25, 0.3) is 10.8 Å². The summed E-state index contributed by atoms with van der Waals surface area (Å²) < 4.78 is 0. The summed E-state index contributed by atoms with van der Waals surface area (Å²) in [6, 6.07) is 14.2. The topological polar surface area (TPSA) is 32.3 Å². The van der Waals surface area contributed by atoms with Crippen molar-refractivity contribution in [2.24, 2.45) is 0 Å². The van der Waals surface area contributed by atoms with E-state index in [2.05, 4.69) is 30.4 Å². The zero-order chi connectivity index (χ0) is 12.1. The van der Waals surface area contributed by atoms with Gasteiger partial charge in [0.15, 0.2) is 0 Å². The van der Waals surface area contributed by atoms with Gasteiger partial charge in [0.05, 0.1) is 6.10 Å². The number of nitrogens with one attached hydrogen (secondary N) is 1. The monoisotopic (exact) mass is 229 g/mol. The minimum atomic E-state index is -0.437. The summed E-state index contributed by atoms with van der Waals surface area (Å²) in [7, 11) is 0. The van der Waals surface area contributed by atoms with Gasteiger partial charge in [-0.05, 0) is 29.3 Å². The lowest BCUT2D eigenvalue weighted by Gasteiger charge is -2.14. The highest BCUT2D eigenvalue weighted by Gasteiger charge is 2.09. The van der Waals surface area contributed by atoms with E-state index < -0.39 is 6.10 Å². The molecule has 0 radical (unpaired) electrons. The number of rotatable bonds is 5. The van der Waals surface area contributed by atoms with Crippen LogP contribution in [0.2, 0.25) is 0 Å². The largest absolute Gasteiger partial charge is 0.387 e. The molecule has 2 rings (SSSR count). The molecule has 0 aliphatic carbocycles. The van der Waals surface area contributed by atoms with Crippen LogP contribution in [0.5, 0.6) is 0 Å². The number of fused-ring (bicyclic) bond motifs is 1. The molecule has 2 nitrogen and oxygen atoms in total. The first kappa shape index (κ1) is 12.1. The molecule has 0 aliphatic rings. The summed E-state index contributed by atoms with van der Waals surface area (Å²) in [4.78, 5) is 0. The zero-order valence-corrected chi connectivity index (χ0v) is 10.2. The molecule has 0 bridgehead atoms. The van der Waals surface area contributed by atoms with Gasteiger partial charge in [0.2, 0.25) is 0 Å². The molecule has 0 saturated heterocycles. The van der Waals surface area contributed by atoms with Crippen LogP contribution >= 0.6 is 0 Å². The van der Waals surface area contributed by atoms with Crippen LogP contribution in [0.1, 0.15) is 25.0 Å². The molecule has 2 aromatic rings. The number of benzene rings is 2. The predicted octanol–water partition coefficient (Wildman–Crippen LogP) is 2.87. The van der Waals surface area contributed by atoms with Gasteiger partial charge in [0.1, 0.15) is 0 Å².